The van der Waals surface area contributed by atoms with Crippen molar-refractivity contribution in [2.45, 2.75) is 18.4 Å². The second-order valence-corrected chi connectivity index (χ2v) is 3.10. The summed E-state index contributed by atoms with van der Waals surface area (Å²) in [6, 6.07) is 0. The van der Waals surface area contributed by atoms with E-state index in [4.69, 9.17) is 0 Å². The molecule has 0 amide bonds. The zero-order valence-corrected chi connectivity index (χ0v) is 6.73. The predicted molar refractivity (Wildman–Crippen MR) is 34.1 cm³/mol. The number of hydrogen-bond acceptors (Lipinski definition) is 2. The molecule has 0 aromatic heterocycles. The smallest absolute Gasteiger partial charge is 0.299 e. The SMILES string of the molecule is CC(=O)CSC(F)(F)C(F)(F)F. The Bertz CT molecular complexity index is 175. The van der Waals surface area contributed by atoms with E-state index in [9.17, 15) is 26.7 Å². The summed E-state index contributed by atoms with van der Waals surface area (Å²) in [6.07, 6.45) is -5.59. The third kappa shape index (κ3) is 3.38. The fraction of sp³-hybridized carbons (Fsp3) is 0.800. The number of hydrogen-bond donors (Lipinski definition) is 0. The second-order valence-electron chi connectivity index (χ2n) is 2.01. The van der Waals surface area contributed by atoms with Gasteiger partial charge in [-0.25, -0.2) is 0 Å². The Labute approximate surface area is 69.3 Å². The first-order chi connectivity index (χ1) is 5.17. The molecule has 7 heteroatoms. The Morgan fingerprint density at radius 3 is 1.92 bits per heavy atom. The molecule has 1 nitrogen and oxygen atoms in total. The number of carbonyl (C=O) groups excluding carboxylic acids is 1. The largest absolute Gasteiger partial charge is 0.464 e. The lowest BCUT2D eigenvalue weighted by Crippen LogP contribution is -2.33. The van der Waals surface area contributed by atoms with Crippen LogP contribution in [-0.4, -0.2) is 23.0 Å². The molecule has 0 atom stereocenters. The summed E-state index contributed by atoms with van der Waals surface area (Å²) in [5, 5.41) is -4.83. The van der Waals surface area contributed by atoms with Gasteiger partial charge in [-0.1, -0.05) is 11.8 Å². The molecule has 0 N–H and O–H groups in total. The number of ketones is 1. The van der Waals surface area contributed by atoms with Crippen molar-refractivity contribution >= 4 is 17.5 Å². The molecule has 72 valence electrons. The number of thioether (sulfide) groups is 1. The van der Waals surface area contributed by atoms with Crippen molar-refractivity contribution in [2.24, 2.45) is 0 Å². The maximum Gasteiger partial charge on any atom is 0.464 e. The number of Topliss-reactive ketones (excluding diaryl/α,β-unsaturated/α-hetero) is 1. The van der Waals surface area contributed by atoms with Crippen molar-refractivity contribution in [2.75, 3.05) is 5.75 Å². The summed E-state index contributed by atoms with van der Waals surface area (Å²) in [5.74, 6) is -1.56. The van der Waals surface area contributed by atoms with Gasteiger partial charge in [0.25, 0.3) is 0 Å². The van der Waals surface area contributed by atoms with E-state index < -0.39 is 34.7 Å². The van der Waals surface area contributed by atoms with Crippen LogP contribution in [0.1, 0.15) is 6.92 Å². The highest BCUT2D eigenvalue weighted by atomic mass is 32.2. The van der Waals surface area contributed by atoms with Crippen LogP contribution >= 0.6 is 11.8 Å². The zero-order valence-electron chi connectivity index (χ0n) is 5.91. The van der Waals surface area contributed by atoms with Gasteiger partial charge in [0, 0.05) is 0 Å². The number of carbonyl (C=O) groups is 1. The summed E-state index contributed by atoms with van der Waals surface area (Å²) >= 11 is -0.714. The maximum atomic E-state index is 12.0. The molecular formula is C5H5F5OS. The quantitative estimate of drug-likeness (QED) is 0.662. The lowest BCUT2D eigenvalue weighted by molar-refractivity contribution is -0.237. The molecule has 0 aromatic carbocycles. The van der Waals surface area contributed by atoms with E-state index in [1.165, 1.54) is 0 Å². The van der Waals surface area contributed by atoms with Crippen molar-refractivity contribution in [3.05, 3.63) is 0 Å². The number of halogens is 5. The van der Waals surface area contributed by atoms with Gasteiger partial charge < -0.3 is 0 Å². The summed E-state index contributed by atoms with van der Waals surface area (Å²) < 4.78 is 58.2. The van der Waals surface area contributed by atoms with Crippen LogP contribution in [0.5, 0.6) is 0 Å². The van der Waals surface area contributed by atoms with Gasteiger partial charge in [0.2, 0.25) is 0 Å². The number of rotatable bonds is 3. The Morgan fingerprint density at radius 1 is 1.25 bits per heavy atom. The molecule has 12 heavy (non-hydrogen) atoms. The highest BCUT2D eigenvalue weighted by Crippen LogP contribution is 2.43. The van der Waals surface area contributed by atoms with Gasteiger partial charge in [-0.3, -0.25) is 4.79 Å². The van der Waals surface area contributed by atoms with Crippen molar-refractivity contribution in [3.8, 4) is 0 Å². The average molecular weight is 208 g/mol. The van der Waals surface area contributed by atoms with Gasteiger partial charge in [0.15, 0.2) is 0 Å². The minimum Gasteiger partial charge on any atom is -0.299 e. The van der Waals surface area contributed by atoms with Crippen LogP contribution in [0.3, 0.4) is 0 Å². The highest BCUT2D eigenvalue weighted by molar-refractivity contribution is 8.01. The van der Waals surface area contributed by atoms with Crippen LogP contribution in [0.2, 0.25) is 0 Å². The molecule has 0 aliphatic carbocycles. The normalized spacial score (nSPS) is 13.2. The van der Waals surface area contributed by atoms with Gasteiger partial charge in [-0.15, -0.1) is 0 Å². The van der Waals surface area contributed by atoms with Crippen LogP contribution < -0.4 is 0 Å². The summed E-state index contributed by atoms with van der Waals surface area (Å²) in [6.45, 7) is 0.944. The van der Waals surface area contributed by atoms with Crippen LogP contribution in [0.15, 0.2) is 0 Å². The van der Waals surface area contributed by atoms with Gasteiger partial charge in [0.1, 0.15) is 5.78 Å². The molecule has 0 aromatic rings. The van der Waals surface area contributed by atoms with E-state index in [0.717, 1.165) is 6.92 Å². The molecule has 0 fully saturated rings. The van der Waals surface area contributed by atoms with Gasteiger partial charge in [-0.05, 0) is 6.92 Å². The topological polar surface area (TPSA) is 17.1 Å². The fourth-order valence-corrected chi connectivity index (χ4v) is 0.822. The summed E-state index contributed by atoms with van der Waals surface area (Å²) in [7, 11) is 0. The van der Waals surface area contributed by atoms with E-state index in [1.54, 1.807) is 0 Å². The average Bonchev–Trinajstić information content (AvgIpc) is 1.81. The minimum atomic E-state index is -5.59. The zero-order chi connectivity index (χ0) is 9.99. The lowest BCUT2D eigenvalue weighted by atomic mass is 10.5. The van der Waals surface area contributed by atoms with Crippen molar-refractivity contribution < 1.29 is 26.7 Å². The Kier molecular flexibility index (Phi) is 3.49. The Morgan fingerprint density at radius 2 is 1.67 bits per heavy atom. The van der Waals surface area contributed by atoms with Crippen molar-refractivity contribution in [1.82, 2.24) is 0 Å². The first kappa shape index (κ1) is 11.7. The van der Waals surface area contributed by atoms with Gasteiger partial charge in [-0.2, -0.15) is 22.0 Å². The Balaban J connectivity index is 4.14. The van der Waals surface area contributed by atoms with Gasteiger partial charge >= 0.3 is 11.4 Å². The van der Waals surface area contributed by atoms with E-state index >= 15 is 0 Å². The van der Waals surface area contributed by atoms with Crippen LogP contribution in [-0.2, 0) is 4.79 Å². The highest BCUT2D eigenvalue weighted by Gasteiger charge is 2.58. The molecular weight excluding hydrogens is 203 g/mol. The predicted octanol–water partition coefficient (Wildman–Crippen LogP) is 2.46. The molecule has 0 aliphatic heterocycles. The molecule has 0 unspecified atom stereocenters. The fourth-order valence-electron chi connectivity index (χ4n) is 0.274. The first-order valence-electron chi connectivity index (χ1n) is 2.75. The van der Waals surface area contributed by atoms with Crippen molar-refractivity contribution in [3.63, 3.8) is 0 Å². The molecule has 0 aliphatic rings. The van der Waals surface area contributed by atoms with Crippen LogP contribution in [0.4, 0.5) is 22.0 Å². The molecule has 0 spiro atoms. The van der Waals surface area contributed by atoms with E-state index in [2.05, 4.69) is 0 Å². The molecule has 0 saturated carbocycles. The second kappa shape index (κ2) is 3.59. The standard InChI is InChI=1S/C5H5F5OS/c1-3(11)2-12-5(9,10)4(6,7)8/h2H2,1H3. The molecule has 0 heterocycles. The van der Waals surface area contributed by atoms with E-state index in [-0.39, 0.29) is 0 Å². The Hall–Kier alpha value is -0.330. The van der Waals surface area contributed by atoms with Crippen LogP contribution in [0, 0.1) is 0 Å². The molecule has 0 radical (unpaired) electrons. The third-order valence-electron chi connectivity index (χ3n) is 0.787. The molecule has 0 rings (SSSR count). The number of alkyl halides is 5. The van der Waals surface area contributed by atoms with Gasteiger partial charge in [0.05, 0.1) is 5.75 Å². The van der Waals surface area contributed by atoms with E-state index in [0.29, 0.717) is 0 Å². The molecule has 0 saturated heterocycles. The lowest BCUT2D eigenvalue weighted by Gasteiger charge is -2.17. The summed E-state index contributed by atoms with van der Waals surface area (Å²) in [4.78, 5) is 10.1. The molecule has 0 bridgehead atoms. The van der Waals surface area contributed by atoms with Crippen LogP contribution in [0.25, 0.3) is 0 Å². The summed E-state index contributed by atoms with van der Waals surface area (Å²) in [5.41, 5.74) is 0. The van der Waals surface area contributed by atoms with Crippen molar-refractivity contribution in [1.29, 1.82) is 0 Å². The third-order valence-corrected chi connectivity index (χ3v) is 1.93. The van der Waals surface area contributed by atoms with E-state index in [1.807, 2.05) is 0 Å². The monoisotopic (exact) mass is 208 g/mol. The minimum absolute atomic E-state index is 0.714. The first-order valence-corrected chi connectivity index (χ1v) is 3.73. The maximum absolute atomic E-state index is 12.0.